The summed E-state index contributed by atoms with van der Waals surface area (Å²) in [5, 5.41) is -0.110. The first kappa shape index (κ1) is 15.1. The molecule has 0 spiro atoms. The lowest BCUT2D eigenvalue weighted by Gasteiger charge is -2.14. The maximum Gasteiger partial charge on any atom is 0.418 e. The first-order valence-electron chi connectivity index (χ1n) is 5.03. The van der Waals surface area contributed by atoms with Gasteiger partial charge in [-0.1, -0.05) is 18.5 Å². The quantitative estimate of drug-likeness (QED) is 0.925. The van der Waals surface area contributed by atoms with E-state index >= 15 is 0 Å². The number of alkyl halides is 3. The maximum atomic E-state index is 12.7. The van der Waals surface area contributed by atoms with E-state index in [0.29, 0.717) is 12.5 Å². The number of rotatable bonds is 4. The average molecular weight is 302 g/mol. The van der Waals surface area contributed by atoms with Crippen LogP contribution in [-0.4, -0.2) is 14.2 Å². The van der Waals surface area contributed by atoms with Gasteiger partial charge >= 0.3 is 6.18 Å². The van der Waals surface area contributed by atoms with E-state index in [1.807, 2.05) is 4.72 Å². The van der Waals surface area contributed by atoms with Gasteiger partial charge in [0, 0.05) is 5.02 Å². The zero-order chi connectivity index (χ0) is 14.0. The molecule has 102 valence electrons. The van der Waals surface area contributed by atoms with Crippen LogP contribution in [0.2, 0.25) is 5.02 Å². The summed E-state index contributed by atoms with van der Waals surface area (Å²) in [6, 6.07) is 2.88. The van der Waals surface area contributed by atoms with Crippen LogP contribution in [0.3, 0.4) is 0 Å². The second-order valence-electron chi connectivity index (χ2n) is 3.61. The number of anilines is 1. The Bertz CT molecular complexity index is 528. The fourth-order valence-corrected chi connectivity index (χ4v) is 2.65. The highest BCUT2D eigenvalue weighted by Crippen LogP contribution is 2.36. The van der Waals surface area contributed by atoms with Crippen LogP contribution in [-0.2, 0) is 16.2 Å². The van der Waals surface area contributed by atoms with E-state index in [1.165, 1.54) is 6.07 Å². The minimum Gasteiger partial charge on any atom is -0.283 e. The Morgan fingerprint density at radius 2 is 1.94 bits per heavy atom. The summed E-state index contributed by atoms with van der Waals surface area (Å²) in [4.78, 5) is 0. The fraction of sp³-hybridized carbons (Fsp3) is 0.400. The third-order valence-corrected chi connectivity index (χ3v) is 3.74. The van der Waals surface area contributed by atoms with E-state index < -0.39 is 27.5 Å². The Hall–Kier alpha value is -0.950. The van der Waals surface area contributed by atoms with E-state index in [0.717, 1.165) is 6.07 Å². The molecule has 3 nitrogen and oxygen atoms in total. The zero-order valence-electron chi connectivity index (χ0n) is 9.38. The molecule has 8 heteroatoms. The number of sulfonamides is 1. The van der Waals surface area contributed by atoms with Crippen molar-refractivity contribution in [3.8, 4) is 0 Å². The molecular formula is C10H11ClF3NO2S. The molecule has 0 saturated heterocycles. The first-order chi connectivity index (χ1) is 8.15. The van der Waals surface area contributed by atoms with E-state index in [9.17, 15) is 21.6 Å². The zero-order valence-corrected chi connectivity index (χ0v) is 11.0. The molecule has 1 rings (SSSR count). The first-order valence-corrected chi connectivity index (χ1v) is 7.06. The van der Waals surface area contributed by atoms with Gasteiger partial charge in [-0.2, -0.15) is 13.2 Å². The lowest BCUT2D eigenvalue weighted by molar-refractivity contribution is -0.136. The van der Waals surface area contributed by atoms with Crippen molar-refractivity contribution in [3.63, 3.8) is 0 Å². The Kier molecular flexibility index (Phi) is 4.50. The average Bonchev–Trinajstić information content (AvgIpc) is 2.18. The van der Waals surface area contributed by atoms with Crippen LogP contribution in [0.1, 0.15) is 18.9 Å². The largest absolute Gasteiger partial charge is 0.418 e. The van der Waals surface area contributed by atoms with Crippen molar-refractivity contribution >= 4 is 27.3 Å². The molecular weight excluding hydrogens is 291 g/mol. The topological polar surface area (TPSA) is 46.2 Å². The summed E-state index contributed by atoms with van der Waals surface area (Å²) in [7, 11) is -3.77. The lowest BCUT2D eigenvalue weighted by atomic mass is 10.2. The molecule has 0 unspecified atom stereocenters. The third kappa shape index (κ3) is 4.06. The second kappa shape index (κ2) is 5.36. The molecule has 0 amide bonds. The summed E-state index contributed by atoms with van der Waals surface area (Å²) >= 11 is 5.48. The maximum absolute atomic E-state index is 12.7. The number of hydrogen-bond donors (Lipinski definition) is 1. The van der Waals surface area contributed by atoms with Crippen molar-refractivity contribution in [2.24, 2.45) is 0 Å². The molecule has 0 fully saturated rings. The molecule has 1 aromatic carbocycles. The molecule has 0 aliphatic carbocycles. The SMILES string of the molecule is CCCS(=O)(=O)Nc1ccc(Cl)cc1C(F)(F)F. The molecule has 0 bridgehead atoms. The highest BCUT2D eigenvalue weighted by atomic mass is 35.5. The molecule has 0 atom stereocenters. The third-order valence-electron chi connectivity index (χ3n) is 2.03. The lowest BCUT2D eigenvalue weighted by Crippen LogP contribution is -2.19. The van der Waals surface area contributed by atoms with E-state index in [1.54, 1.807) is 6.92 Å². The number of nitrogens with one attached hydrogen (secondary N) is 1. The van der Waals surface area contributed by atoms with Crippen molar-refractivity contribution in [1.29, 1.82) is 0 Å². The van der Waals surface area contributed by atoms with Crippen LogP contribution in [0.15, 0.2) is 18.2 Å². The van der Waals surface area contributed by atoms with Gasteiger partial charge in [0.2, 0.25) is 10.0 Å². The van der Waals surface area contributed by atoms with Crippen molar-refractivity contribution in [2.75, 3.05) is 10.5 Å². The number of benzene rings is 1. The smallest absolute Gasteiger partial charge is 0.283 e. The van der Waals surface area contributed by atoms with Gasteiger partial charge in [0.25, 0.3) is 0 Å². The molecule has 0 radical (unpaired) electrons. The van der Waals surface area contributed by atoms with Crippen LogP contribution < -0.4 is 4.72 Å². The van der Waals surface area contributed by atoms with Gasteiger partial charge in [-0.15, -0.1) is 0 Å². The van der Waals surface area contributed by atoms with Crippen molar-refractivity contribution in [3.05, 3.63) is 28.8 Å². The summed E-state index contributed by atoms with van der Waals surface area (Å²) in [5.74, 6) is -0.243. The molecule has 1 aromatic rings. The monoisotopic (exact) mass is 301 g/mol. The molecule has 1 N–H and O–H groups in total. The van der Waals surface area contributed by atoms with Gasteiger partial charge in [-0.05, 0) is 24.6 Å². The van der Waals surface area contributed by atoms with Crippen LogP contribution in [0.25, 0.3) is 0 Å². The second-order valence-corrected chi connectivity index (χ2v) is 5.89. The van der Waals surface area contributed by atoms with Crippen molar-refractivity contribution in [2.45, 2.75) is 19.5 Å². The Labute approximate surface area is 108 Å². The number of halogens is 4. The van der Waals surface area contributed by atoms with E-state index in [-0.39, 0.29) is 10.8 Å². The molecule has 0 aliphatic rings. The fourth-order valence-electron chi connectivity index (χ4n) is 1.33. The summed E-state index contributed by atoms with van der Waals surface area (Å²) < 4.78 is 62.9. The molecule has 0 aliphatic heterocycles. The van der Waals surface area contributed by atoms with E-state index in [2.05, 4.69) is 0 Å². The minimum absolute atomic E-state index is 0.110. The molecule has 0 saturated carbocycles. The highest BCUT2D eigenvalue weighted by Gasteiger charge is 2.34. The van der Waals surface area contributed by atoms with Crippen molar-refractivity contribution < 1.29 is 21.6 Å². The Morgan fingerprint density at radius 1 is 1.33 bits per heavy atom. The van der Waals surface area contributed by atoms with Crippen LogP contribution in [0, 0.1) is 0 Å². The normalized spacial score (nSPS) is 12.5. The van der Waals surface area contributed by atoms with Gasteiger partial charge in [-0.25, -0.2) is 8.42 Å². The molecule has 0 heterocycles. The van der Waals surface area contributed by atoms with Gasteiger partial charge in [0.1, 0.15) is 0 Å². The molecule has 0 aromatic heterocycles. The Balaban J connectivity index is 3.18. The number of hydrogen-bond acceptors (Lipinski definition) is 2. The molecule has 18 heavy (non-hydrogen) atoms. The Morgan fingerprint density at radius 3 is 2.44 bits per heavy atom. The highest BCUT2D eigenvalue weighted by molar-refractivity contribution is 7.92. The summed E-state index contributed by atoms with van der Waals surface area (Å²) in [6.07, 6.45) is -4.36. The van der Waals surface area contributed by atoms with Crippen LogP contribution in [0.4, 0.5) is 18.9 Å². The summed E-state index contributed by atoms with van der Waals surface area (Å²) in [5.41, 5.74) is -1.62. The van der Waals surface area contributed by atoms with Gasteiger partial charge < -0.3 is 0 Å². The van der Waals surface area contributed by atoms with Crippen LogP contribution >= 0.6 is 11.6 Å². The standard InChI is InChI=1S/C10H11ClF3NO2S/c1-2-5-18(16,17)15-9-4-3-7(11)6-8(9)10(12,13)14/h3-4,6,15H,2,5H2,1H3. The minimum atomic E-state index is -4.67. The van der Waals surface area contributed by atoms with Gasteiger partial charge in [-0.3, -0.25) is 4.72 Å². The predicted molar refractivity (Wildman–Crippen MR) is 64.2 cm³/mol. The van der Waals surface area contributed by atoms with Crippen LogP contribution in [0.5, 0.6) is 0 Å². The predicted octanol–water partition coefficient (Wildman–Crippen LogP) is 3.51. The van der Waals surface area contributed by atoms with Gasteiger partial charge in [0.05, 0.1) is 17.0 Å². The van der Waals surface area contributed by atoms with Crippen molar-refractivity contribution in [1.82, 2.24) is 0 Å². The van der Waals surface area contributed by atoms with E-state index in [4.69, 9.17) is 11.6 Å². The van der Waals surface area contributed by atoms with Gasteiger partial charge in [0.15, 0.2) is 0 Å². The summed E-state index contributed by atoms with van der Waals surface area (Å²) in [6.45, 7) is 1.62.